The van der Waals surface area contributed by atoms with Crippen molar-refractivity contribution in [3.8, 4) is 22.9 Å². The molecule has 33 heavy (non-hydrogen) atoms. The zero-order valence-corrected chi connectivity index (χ0v) is 19.2. The Morgan fingerprint density at radius 3 is 2.36 bits per heavy atom. The molecule has 0 aliphatic carbocycles. The molecule has 0 saturated heterocycles. The predicted octanol–water partition coefficient (Wildman–Crippen LogP) is 4.33. The Morgan fingerprint density at radius 1 is 0.909 bits per heavy atom. The van der Waals surface area contributed by atoms with Gasteiger partial charge in [-0.3, -0.25) is 9.36 Å². The van der Waals surface area contributed by atoms with E-state index in [4.69, 9.17) is 14.2 Å². The third-order valence-corrected chi connectivity index (χ3v) is 5.56. The highest BCUT2D eigenvalue weighted by molar-refractivity contribution is 5.97. The largest absolute Gasteiger partial charge is 0.497 e. The predicted molar refractivity (Wildman–Crippen MR) is 128 cm³/mol. The molecule has 1 N–H and O–H groups in total. The minimum absolute atomic E-state index is 0.131. The molecular weight excluding hydrogens is 418 g/mol. The van der Waals surface area contributed by atoms with Crippen molar-refractivity contribution in [2.75, 3.05) is 27.9 Å². The molecular formula is C26H27N3O4. The Bertz CT molecular complexity index is 1280. The van der Waals surface area contributed by atoms with Gasteiger partial charge in [0.2, 0.25) is 0 Å². The van der Waals surface area contributed by atoms with Crippen LogP contribution < -0.4 is 19.5 Å². The summed E-state index contributed by atoms with van der Waals surface area (Å²) >= 11 is 0. The van der Waals surface area contributed by atoms with E-state index >= 15 is 0 Å². The molecule has 4 aromatic rings. The van der Waals surface area contributed by atoms with Crippen LogP contribution in [-0.4, -0.2) is 43.3 Å². The summed E-state index contributed by atoms with van der Waals surface area (Å²) in [5, 5.41) is 2.98. The topological polar surface area (TPSA) is 74.6 Å². The molecule has 1 heterocycles. The van der Waals surface area contributed by atoms with Crippen molar-refractivity contribution in [3.63, 3.8) is 0 Å². The van der Waals surface area contributed by atoms with Gasteiger partial charge in [0.25, 0.3) is 5.91 Å². The second-order valence-electron chi connectivity index (χ2n) is 7.59. The van der Waals surface area contributed by atoms with Crippen molar-refractivity contribution < 1.29 is 19.0 Å². The number of hydrogen-bond donors (Lipinski definition) is 1. The number of rotatable bonds is 8. The highest BCUT2D eigenvalue weighted by atomic mass is 16.5. The second kappa shape index (κ2) is 9.65. The summed E-state index contributed by atoms with van der Waals surface area (Å²) in [5.74, 6) is 2.88. The van der Waals surface area contributed by atoms with Crippen molar-refractivity contribution in [1.82, 2.24) is 14.9 Å². The van der Waals surface area contributed by atoms with Gasteiger partial charge >= 0.3 is 0 Å². The molecule has 4 rings (SSSR count). The van der Waals surface area contributed by atoms with Crippen LogP contribution in [0.2, 0.25) is 0 Å². The Kier molecular flexibility index (Phi) is 6.49. The lowest BCUT2D eigenvalue weighted by Gasteiger charge is -2.10. The van der Waals surface area contributed by atoms with Crippen LogP contribution in [0.3, 0.4) is 0 Å². The summed E-state index contributed by atoms with van der Waals surface area (Å²) in [6, 6.07) is 19.2. The normalized spacial score (nSPS) is 10.8. The van der Waals surface area contributed by atoms with Crippen LogP contribution in [0, 0.1) is 6.92 Å². The molecule has 0 unspecified atom stereocenters. The second-order valence-corrected chi connectivity index (χ2v) is 7.59. The maximum Gasteiger partial charge on any atom is 0.251 e. The third kappa shape index (κ3) is 4.62. The third-order valence-electron chi connectivity index (χ3n) is 5.56. The first-order valence-corrected chi connectivity index (χ1v) is 10.7. The molecule has 0 radical (unpaired) electrons. The van der Waals surface area contributed by atoms with Gasteiger partial charge in [0.1, 0.15) is 11.6 Å². The molecule has 3 aromatic carbocycles. The SMILES string of the molecule is COc1ccc(-n2c(C)nc3cc(C(=O)NCCc4ccc(OC)c(OC)c4)ccc32)cc1. The van der Waals surface area contributed by atoms with Crippen LogP contribution in [0.1, 0.15) is 21.7 Å². The number of carbonyl (C=O) groups is 1. The molecule has 170 valence electrons. The Morgan fingerprint density at radius 2 is 1.67 bits per heavy atom. The van der Waals surface area contributed by atoms with E-state index < -0.39 is 0 Å². The number of aromatic nitrogens is 2. The minimum atomic E-state index is -0.131. The summed E-state index contributed by atoms with van der Waals surface area (Å²) in [6.45, 7) is 2.46. The Hall–Kier alpha value is -4.00. The number of hydrogen-bond acceptors (Lipinski definition) is 5. The van der Waals surface area contributed by atoms with E-state index in [1.807, 2.05) is 67.6 Å². The highest BCUT2D eigenvalue weighted by Gasteiger charge is 2.13. The molecule has 0 bridgehead atoms. The van der Waals surface area contributed by atoms with Crippen LogP contribution in [0.5, 0.6) is 17.2 Å². The van der Waals surface area contributed by atoms with Crippen molar-refractivity contribution in [1.29, 1.82) is 0 Å². The van der Waals surface area contributed by atoms with E-state index in [9.17, 15) is 4.79 Å². The first-order valence-electron chi connectivity index (χ1n) is 10.7. The molecule has 0 fully saturated rings. The molecule has 7 nitrogen and oxygen atoms in total. The molecule has 0 atom stereocenters. The van der Waals surface area contributed by atoms with E-state index in [-0.39, 0.29) is 5.91 Å². The number of fused-ring (bicyclic) bond motifs is 1. The zero-order chi connectivity index (χ0) is 23.4. The number of ether oxygens (including phenoxy) is 3. The fraction of sp³-hybridized carbons (Fsp3) is 0.231. The summed E-state index contributed by atoms with van der Waals surface area (Å²) < 4.78 is 17.9. The number of amides is 1. The van der Waals surface area contributed by atoms with Gasteiger partial charge in [-0.15, -0.1) is 0 Å². The van der Waals surface area contributed by atoms with E-state index in [1.165, 1.54) is 0 Å². The smallest absolute Gasteiger partial charge is 0.251 e. The molecule has 0 spiro atoms. The van der Waals surface area contributed by atoms with Gasteiger partial charge in [0, 0.05) is 17.8 Å². The lowest BCUT2D eigenvalue weighted by molar-refractivity contribution is 0.0954. The van der Waals surface area contributed by atoms with Crippen molar-refractivity contribution in [3.05, 3.63) is 77.6 Å². The molecule has 1 amide bonds. The maximum absolute atomic E-state index is 12.7. The number of carbonyl (C=O) groups excluding carboxylic acids is 1. The van der Waals surface area contributed by atoms with Gasteiger partial charge in [-0.1, -0.05) is 6.07 Å². The van der Waals surface area contributed by atoms with Crippen molar-refractivity contribution >= 4 is 16.9 Å². The number of nitrogens with one attached hydrogen (secondary N) is 1. The van der Waals surface area contributed by atoms with Gasteiger partial charge in [-0.2, -0.15) is 0 Å². The number of benzene rings is 3. The summed E-state index contributed by atoms with van der Waals surface area (Å²) in [6.07, 6.45) is 0.680. The van der Waals surface area contributed by atoms with E-state index in [0.717, 1.165) is 33.9 Å². The number of imidazole rings is 1. The number of aryl methyl sites for hydroxylation is 1. The van der Waals surface area contributed by atoms with Gasteiger partial charge in [-0.05, 0) is 73.5 Å². The Balaban J connectivity index is 1.47. The molecule has 0 saturated carbocycles. The van der Waals surface area contributed by atoms with Crippen molar-refractivity contribution in [2.24, 2.45) is 0 Å². The molecule has 0 aliphatic rings. The Labute approximate surface area is 192 Å². The molecule has 0 aliphatic heterocycles. The lowest BCUT2D eigenvalue weighted by Crippen LogP contribution is -2.25. The highest BCUT2D eigenvalue weighted by Crippen LogP contribution is 2.28. The standard InChI is InChI=1S/C26H27N3O4/c1-17-28-22-16-19(6-11-23(22)29(17)20-7-9-21(31-2)10-8-20)26(30)27-14-13-18-5-12-24(32-3)25(15-18)33-4/h5-12,15-16H,13-14H2,1-4H3,(H,27,30). The van der Waals surface area contributed by atoms with Gasteiger partial charge in [0.15, 0.2) is 11.5 Å². The minimum Gasteiger partial charge on any atom is -0.497 e. The van der Waals surface area contributed by atoms with Gasteiger partial charge in [0.05, 0.1) is 32.4 Å². The average Bonchev–Trinajstić information content (AvgIpc) is 3.18. The monoisotopic (exact) mass is 445 g/mol. The first kappa shape index (κ1) is 22.2. The average molecular weight is 446 g/mol. The van der Waals surface area contributed by atoms with E-state index in [0.29, 0.717) is 30.0 Å². The van der Waals surface area contributed by atoms with Crippen LogP contribution >= 0.6 is 0 Å². The number of methoxy groups -OCH3 is 3. The first-order chi connectivity index (χ1) is 16.0. The number of nitrogens with zero attached hydrogens (tertiary/aromatic N) is 2. The summed E-state index contributed by atoms with van der Waals surface area (Å²) in [7, 11) is 4.86. The quantitative estimate of drug-likeness (QED) is 0.437. The van der Waals surface area contributed by atoms with E-state index in [2.05, 4.69) is 14.9 Å². The molecule has 7 heteroatoms. The lowest BCUT2D eigenvalue weighted by atomic mass is 10.1. The van der Waals surface area contributed by atoms with Crippen molar-refractivity contribution in [2.45, 2.75) is 13.3 Å². The zero-order valence-electron chi connectivity index (χ0n) is 19.2. The summed E-state index contributed by atoms with van der Waals surface area (Å²) in [4.78, 5) is 17.4. The molecule has 1 aromatic heterocycles. The van der Waals surface area contributed by atoms with Crippen LogP contribution in [0.15, 0.2) is 60.7 Å². The van der Waals surface area contributed by atoms with Gasteiger partial charge in [-0.25, -0.2) is 4.98 Å². The summed E-state index contributed by atoms with van der Waals surface area (Å²) in [5.41, 5.74) is 4.34. The van der Waals surface area contributed by atoms with Crippen LogP contribution in [-0.2, 0) is 6.42 Å². The van der Waals surface area contributed by atoms with E-state index in [1.54, 1.807) is 21.3 Å². The van der Waals surface area contributed by atoms with Crippen LogP contribution in [0.25, 0.3) is 16.7 Å². The fourth-order valence-electron chi connectivity index (χ4n) is 3.86. The van der Waals surface area contributed by atoms with Crippen LogP contribution in [0.4, 0.5) is 0 Å². The van der Waals surface area contributed by atoms with Gasteiger partial charge < -0.3 is 19.5 Å². The maximum atomic E-state index is 12.7. The fourth-order valence-corrected chi connectivity index (χ4v) is 3.86.